The maximum absolute atomic E-state index is 9.39. The third-order valence-corrected chi connectivity index (χ3v) is 3.39. The van der Waals surface area contributed by atoms with Gasteiger partial charge < -0.3 is 15.1 Å². The second-order valence-electron chi connectivity index (χ2n) is 3.86. The number of aliphatic hydroxyl groups is 2. The van der Waals surface area contributed by atoms with Crippen LogP contribution in [0.1, 0.15) is 13.3 Å². The van der Waals surface area contributed by atoms with Crippen molar-refractivity contribution in [3.63, 3.8) is 0 Å². The molecule has 1 fully saturated rings. The van der Waals surface area contributed by atoms with Gasteiger partial charge in [0.25, 0.3) is 0 Å². The van der Waals surface area contributed by atoms with Crippen LogP contribution in [0.15, 0.2) is 0 Å². The van der Waals surface area contributed by atoms with E-state index >= 15 is 0 Å². The van der Waals surface area contributed by atoms with Gasteiger partial charge in [-0.2, -0.15) is 0 Å². The van der Waals surface area contributed by atoms with E-state index in [4.69, 9.17) is 0 Å². The molecule has 78 valence electrons. The Hall–Kier alpha value is 0.360. The zero-order valence-corrected chi connectivity index (χ0v) is 9.57. The summed E-state index contributed by atoms with van der Waals surface area (Å²) >= 11 is 3.24. The van der Waals surface area contributed by atoms with Crippen molar-refractivity contribution in [2.45, 2.75) is 25.6 Å². The molecule has 3 atom stereocenters. The van der Waals surface area contributed by atoms with E-state index in [0.717, 1.165) is 19.5 Å². The van der Waals surface area contributed by atoms with Gasteiger partial charge in [0.05, 0.1) is 12.2 Å². The normalized spacial score (nSPS) is 29.1. The number of likely N-dealkylation sites (tertiary alicyclic amines) is 1. The van der Waals surface area contributed by atoms with Gasteiger partial charge in [0, 0.05) is 18.4 Å². The zero-order valence-electron chi connectivity index (χ0n) is 7.99. The van der Waals surface area contributed by atoms with E-state index in [1.54, 1.807) is 0 Å². The Balaban J connectivity index is 2.25. The van der Waals surface area contributed by atoms with Crippen molar-refractivity contribution in [1.29, 1.82) is 0 Å². The number of nitrogens with zero attached hydrogens (tertiary/aromatic N) is 1. The fourth-order valence-corrected chi connectivity index (χ4v) is 1.97. The van der Waals surface area contributed by atoms with Gasteiger partial charge >= 0.3 is 0 Å². The summed E-state index contributed by atoms with van der Waals surface area (Å²) in [5, 5.41) is 19.4. The van der Waals surface area contributed by atoms with Crippen LogP contribution in [0.25, 0.3) is 0 Å². The van der Waals surface area contributed by atoms with Gasteiger partial charge in [-0.3, -0.25) is 0 Å². The topological polar surface area (TPSA) is 43.7 Å². The van der Waals surface area contributed by atoms with Crippen LogP contribution in [0.4, 0.5) is 0 Å². The molecule has 0 saturated carbocycles. The average molecular weight is 252 g/mol. The highest BCUT2D eigenvalue weighted by molar-refractivity contribution is 9.09. The van der Waals surface area contributed by atoms with Crippen molar-refractivity contribution in [2.24, 2.45) is 5.92 Å². The monoisotopic (exact) mass is 251 g/mol. The maximum Gasteiger partial charge on any atom is 0.0763 e. The molecule has 1 saturated heterocycles. The minimum atomic E-state index is -0.284. The fraction of sp³-hybridized carbons (Fsp3) is 1.00. The SMILES string of the molecule is CC(O)C1CCN(CC(O)CBr)C1. The molecule has 1 aliphatic heterocycles. The van der Waals surface area contributed by atoms with Gasteiger partial charge in [0.1, 0.15) is 0 Å². The Morgan fingerprint density at radius 1 is 1.54 bits per heavy atom. The third kappa shape index (κ3) is 3.54. The molecule has 0 bridgehead atoms. The predicted octanol–water partition coefficient (Wildman–Crippen LogP) is 0.445. The van der Waals surface area contributed by atoms with Gasteiger partial charge in [0.15, 0.2) is 0 Å². The van der Waals surface area contributed by atoms with Gasteiger partial charge in [0.2, 0.25) is 0 Å². The molecule has 2 N–H and O–H groups in total. The van der Waals surface area contributed by atoms with Crippen molar-refractivity contribution in [1.82, 2.24) is 4.90 Å². The highest BCUT2D eigenvalue weighted by Crippen LogP contribution is 2.19. The number of β-amino-alcohol motifs (C(OH)–C–C–N with tert-alkyl or cyclic N) is 1. The van der Waals surface area contributed by atoms with Crippen molar-refractivity contribution in [3.8, 4) is 0 Å². The largest absolute Gasteiger partial charge is 0.393 e. The molecular weight excluding hydrogens is 234 g/mol. The van der Waals surface area contributed by atoms with E-state index in [1.165, 1.54) is 0 Å². The van der Waals surface area contributed by atoms with E-state index in [9.17, 15) is 10.2 Å². The molecule has 4 heteroatoms. The molecule has 0 aromatic carbocycles. The number of halogens is 1. The van der Waals surface area contributed by atoms with Crippen LogP contribution >= 0.6 is 15.9 Å². The van der Waals surface area contributed by atoms with Crippen LogP contribution in [0.2, 0.25) is 0 Å². The highest BCUT2D eigenvalue weighted by atomic mass is 79.9. The smallest absolute Gasteiger partial charge is 0.0763 e. The Labute approximate surface area is 87.9 Å². The average Bonchev–Trinajstić information content (AvgIpc) is 2.52. The van der Waals surface area contributed by atoms with Crippen LogP contribution in [0.3, 0.4) is 0 Å². The first-order valence-corrected chi connectivity index (χ1v) is 5.90. The van der Waals surface area contributed by atoms with Crippen LogP contribution in [-0.4, -0.2) is 52.3 Å². The van der Waals surface area contributed by atoms with E-state index in [1.807, 2.05) is 6.92 Å². The Bertz CT molecular complexity index is 155. The van der Waals surface area contributed by atoms with Crippen LogP contribution < -0.4 is 0 Å². The summed E-state index contributed by atoms with van der Waals surface area (Å²) in [4.78, 5) is 2.21. The lowest BCUT2D eigenvalue weighted by Gasteiger charge is -2.19. The summed E-state index contributed by atoms with van der Waals surface area (Å²) in [6.07, 6.45) is 0.547. The number of alkyl halides is 1. The van der Waals surface area contributed by atoms with Crippen LogP contribution in [-0.2, 0) is 0 Å². The fourth-order valence-electron chi connectivity index (χ4n) is 1.77. The van der Waals surface area contributed by atoms with Crippen LogP contribution in [0, 0.1) is 5.92 Å². The molecule has 0 spiro atoms. The highest BCUT2D eigenvalue weighted by Gasteiger charge is 2.26. The molecular formula is C9H18BrNO2. The molecule has 3 nitrogen and oxygen atoms in total. The molecule has 3 unspecified atom stereocenters. The molecule has 0 amide bonds. The summed E-state index contributed by atoms with van der Waals surface area (Å²) in [5.41, 5.74) is 0. The number of hydrogen-bond acceptors (Lipinski definition) is 3. The van der Waals surface area contributed by atoms with Crippen molar-refractivity contribution in [2.75, 3.05) is 25.0 Å². The Morgan fingerprint density at radius 3 is 2.69 bits per heavy atom. The van der Waals surface area contributed by atoms with Crippen molar-refractivity contribution >= 4 is 15.9 Å². The summed E-state index contributed by atoms with van der Waals surface area (Å²) in [6, 6.07) is 0. The van der Waals surface area contributed by atoms with E-state index in [-0.39, 0.29) is 12.2 Å². The number of rotatable bonds is 4. The van der Waals surface area contributed by atoms with E-state index < -0.39 is 0 Å². The second-order valence-corrected chi connectivity index (χ2v) is 4.50. The van der Waals surface area contributed by atoms with Gasteiger partial charge in [-0.15, -0.1) is 0 Å². The lowest BCUT2D eigenvalue weighted by Crippen LogP contribution is -2.32. The van der Waals surface area contributed by atoms with Crippen molar-refractivity contribution < 1.29 is 10.2 Å². The zero-order chi connectivity index (χ0) is 9.84. The summed E-state index contributed by atoms with van der Waals surface area (Å²) < 4.78 is 0. The lowest BCUT2D eigenvalue weighted by molar-refractivity contribution is 0.113. The standard InChI is InChI=1S/C9H18BrNO2/c1-7(12)8-2-3-11(5-8)6-9(13)4-10/h7-9,12-13H,2-6H2,1H3. The van der Waals surface area contributed by atoms with E-state index in [0.29, 0.717) is 17.8 Å². The van der Waals surface area contributed by atoms with Crippen molar-refractivity contribution in [3.05, 3.63) is 0 Å². The number of hydrogen-bond donors (Lipinski definition) is 2. The first kappa shape index (κ1) is 11.4. The van der Waals surface area contributed by atoms with Gasteiger partial charge in [-0.1, -0.05) is 15.9 Å². The molecule has 13 heavy (non-hydrogen) atoms. The molecule has 1 rings (SSSR count). The summed E-state index contributed by atoms with van der Waals surface area (Å²) in [5.74, 6) is 0.391. The summed E-state index contributed by atoms with van der Waals surface area (Å²) in [6.45, 7) is 4.48. The third-order valence-electron chi connectivity index (χ3n) is 2.64. The molecule has 1 heterocycles. The van der Waals surface area contributed by atoms with Gasteiger partial charge in [-0.05, 0) is 25.8 Å². The Kier molecular flexibility index (Phi) is 4.66. The lowest BCUT2D eigenvalue weighted by atomic mass is 10.0. The molecule has 1 aliphatic rings. The predicted molar refractivity (Wildman–Crippen MR) is 56.0 cm³/mol. The summed E-state index contributed by atoms with van der Waals surface area (Å²) in [7, 11) is 0. The second kappa shape index (κ2) is 5.29. The van der Waals surface area contributed by atoms with E-state index in [2.05, 4.69) is 20.8 Å². The molecule has 0 aromatic heterocycles. The molecule has 0 aromatic rings. The van der Waals surface area contributed by atoms with Crippen LogP contribution in [0.5, 0.6) is 0 Å². The minimum absolute atomic E-state index is 0.217. The first-order valence-electron chi connectivity index (χ1n) is 4.78. The quantitative estimate of drug-likeness (QED) is 0.714. The Morgan fingerprint density at radius 2 is 2.23 bits per heavy atom. The minimum Gasteiger partial charge on any atom is -0.393 e. The number of aliphatic hydroxyl groups excluding tert-OH is 2. The molecule has 0 radical (unpaired) electrons. The first-order chi connectivity index (χ1) is 6.13. The molecule has 0 aliphatic carbocycles. The van der Waals surface area contributed by atoms with Gasteiger partial charge in [-0.25, -0.2) is 0 Å². The maximum atomic E-state index is 9.39.